The Labute approximate surface area is 141 Å². The number of halogens is 1. The molecule has 0 aliphatic carbocycles. The standard InChI is InChI=1S/C19H21BrN2/c1-14-12-18(22-9-3-4-10-22)7-5-16(14)13-21-17-6-8-19(20)15(2)11-17/h5-8,11-13H,3-4,9-10H2,1-2H3. The largest absolute Gasteiger partial charge is 0.372 e. The molecule has 0 radical (unpaired) electrons. The third kappa shape index (κ3) is 3.41. The van der Waals surface area contributed by atoms with Crippen LogP contribution in [0.2, 0.25) is 0 Å². The van der Waals surface area contributed by atoms with Gasteiger partial charge in [0.05, 0.1) is 5.69 Å². The maximum absolute atomic E-state index is 4.61. The summed E-state index contributed by atoms with van der Waals surface area (Å²) in [6, 6.07) is 12.8. The highest BCUT2D eigenvalue weighted by Crippen LogP contribution is 2.24. The molecule has 1 fully saturated rings. The molecule has 1 saturated heterocycles. The first-order valence-corrected chi connectivity index (χ1v) is 8.58. The summed E-state index contributed by atoms with van der Waals surface area (Å²) in [6.45, 7) is 6.61. The predicted octanol–water partition coefficient (Wildman–Crippen LogP) is 5.42. The van der Waals surface area contributed by atoms with Gasteiger partial charge in [-0.05, 0) is 73.7 Å². The highest BCUT2D eigenvalue weighted by molar-refractivity contribution is 9.10. The lowest BCUT2D eigenvalue weighted by Crippen LogP contribution is -2.17. The van der Waals surface area contributed by atoms with Crippen molar-refractivity contribution in [3.05, 3.63) is 57.6 Å². The minimum absolute atomic E-state index is 0.990. The molecule has 0 spiro atoms. The molecule has 2 aromatic carbocycles. The van der Waals surface area contributed by atoms with Crippen LogP contribution in [-0.4, -0.2) is 19.3 Å². The number of benzene rings is 2. The molecule has 2 nitrogen and oxygen atoms in total. The van der Waals surface area contributed by atoms with Gasteiger partial charge in [0.25, 0.3) is 0 Å². The minimum Gasteiger partial charge on any atom is -0.372 e. The van der Waals surface area contributed by atoms with Crippen molar-refractivity contribution in [1.82, 2.24) is 0 Å². The van der Waals surface area contributed by atoms with Crippen molar-refractivity contribution < 1.29 is 0 Å². The summed E-state index contributed by atoms with van der Waals surface area (Å²) in [6.07, 6.45) is 4.59. The average Bonchev–Trinajstić information content (AvgIpc) is 3.04. The Bertz CT molecular complexity index is 701. The molecule has 1 aliphatic rings. The molecule has 0 aromatic heterocycles. The van der Waals surface area contributed by atoms with Gasteiger partial charge >= 0.3 is 0 Å². The smallest absolute Gasteiger partial charge is 0.0633 e. The second kappa shape index (κ2) is 6.66. The molecule has 0 bridgehead atoms. The Morgan fingerprint density at radius 1 is 1.00 bits per heavy atom. The topological polar surface area (TPSA) is 15.6 Å². The van der Waals surface area contributed by atoms with Crippen LogP contribution < -0.4 is 4.90 Å². The van der Waals surface area contributed by atoms with E-state index in [1.165, 1.54) is 48.3 Å². The normalized spacial score (nSPS) is 15.0. The lowest BCUT2D eigenvalue weighted by Gasteiger charge is -2.18. The second-order valence-electron chi connectivity index (χ2n) is 5.93. The van der Waals surface area contributed by atoms with Crippen molar-refractivity contribution in [1.29, 1.82) is 0 Å². The fourth-order valence-electron chi connectivity index (χ4n) is 2.83. The Morgan fingerprint density at radius 2 is 1.77 bits per heavy atom. The van der Waals surface area contributed by atoms with Crippen LogP contribution in [0, 0.1) is 13.8 Å². The van der Waals surface area contributed by atoms with Gasteiger partial charge in [-0.2, -0.15) is 0 Å². The summed E-state index contributed by atoms with van der Waals surface area (Å²) in [4.78, 5) is 7.07. The molecular formula is C19H21BrN2. The zero-order chi connectivity index (χ0) is 15.5. The highest BCUT2D eigenvalue weighted by Gasteiger charge is 2.12. The van der Waals surface area contributed by atoms with E-state index in [1.807, 2.05) is 18.3 Å². The van der Waals surface area contributed by atoms with E-state index in [1.54, 1.807) is 0 Å². The molecule has 1 heterocycles. The number of anilines is 1. The van der Waals surface area contributed by atoms with Gasteiger partial charge in [0.1, 0.15) is 0 Å². The summed E-state index contributed by atoms with van der Waals surface area (Å²) >= 11 is 3.52. The lowest BCUT2D eigenvalue weighted by atomic mass is 10.1. The minimum atomic E-state index is 0.990. The Morgan fingerprint density at radius 3 is 2.45 bits per heavy atom. The molecule has 2 aromatic rings. The molecule has 0 amide bonds. The number of hydrogen-bond acceptors (Lipinski definition) is 2. The second-order valence-corrected chi connectivity index (χ2v) is 6.78. The van der Waals surface area contributed by atoms with Crippen LogP contribution in [0.15, 0.2) is 45.9 Å². The number of aryl methyl sites for hydroxylation is 2. The monoisotopic (exact) mass is 356 g/mol. The van der Waals surface area contributed by atoms with Crippen LogP contribution in [0.3, 0.4) is 0 Å². The molecule has 22 heavy (non-hydrogen) atoms. The fourth-order valence-corrected chi connectivity index (χ4v) is 3.08. The third-order valence-electron chi connectivity index (χ3n) is 4.22. The number of hydrogen-bond donors (Lipinski definition) is 0. The highest BCUT2D eigenvalue weighted by atomic mass is 79.9. The molecule has 3 rings (SSSR count). The lowest BCUT2D eigenvalue weighted by molar-refractivity contribution is 0.949. The van der Waals surface area contributed by atoms with Crippen LogP contribution in [0.5, 0.6) is 0 Å². The SMILES string of the molecule is Cc1cc(N=Cc2ccc(N3CCCC3)cc2C)ccc1Br. The summed E-state index contributed by atoms with van der Waals surface area (Å²) in [5.41, 5.74) is 6.00. The zero-order valence-corrected chi connectivity index (χ0v) is 14.7. The van der Waals surface area contributed by atoms with E-state index in [0.717, 1.165) is 10.2 Å². The third-order valence-corrected chi connectivity index (χ3v) is 5.11. The van der Waals surface area contributed by atoms with Crippen molar-refractivity contribution in [3.8, 4) is 0 Å². The zero-order valence-electron chi connectivity index (χ0n) is 13.1. The summed E-state index contributed by atoms with van der Waals surface area (Å²) < 4.78 is 1.12. The number of nitrogens with zero attached hydrogens (tertiary/aromatic N) is 2. The molecule has 0 atom stereocenters. The van der Waals surface area contributed by atoms with Gasteiger partial charge in [0.2, 0.25) is 0 Å². The van der Waals surface area contributed by atoms with Crippen LogP contribution >= 0.6 is 15.9 Å². The first kappa shape index (κ1) is 15.3. The summed E-state index contributed by atoms with van der Waals surface area (Å²) in [5.74, 6) is 0. The summed E-state index contributed by atoms with van der Waals surface area (Å²) in [7, 11) is 0. The molecule has 3 heteroatoms. The Balaban J connectivity index is 1.79. The fraction of sp³-hybridized carbons (Fsp3) is 0.316. The van der Waals surface area contributed by atoms with Gasteiger partial charge in [-0.3, -0.25) is 4.99 Å². The molecule has 1 aliphatic heterocycles. The van der Waals surface area contributed by atoms with Crippen LogP contribution in [0.1, 0.15) is 29.5 Å². The Kier molecular flexibility index (Phi) is 4.63. The van der Waals surface area contributed by atoms with Gasteiger partial charge in [0, 0.05) is 29.5 Å². The predicted molar refractivity (Wildman–Crippen MR) is 98.8 cm³/mol. The average molecular weight is 357 g/mol. The van der Waals surface area contributed by atoms with Gasteiger partial charge in [-0.15, -0.1) is 0 Å². The van der Waals surface area contributed by atoms with Gasteiger partial charge in [-0.1, -0.05) is 22.0 Å². The van der Waals surface area contributed by atoms with Gasteiger partial charge < -0.3 is 4.90 Å². The van der Waals surface area contributed by atoms with Crippen molar-refractivity contribution in [2.24, 2.45) is 4.99 Å². The molecule has 0 N–H and O–H groups in total. The van der Waals surface area contributed by atoms with Crippen molar-refractivity contribution in [2.45, 2.75) is 26.7 Å². The number of aliphatic imine (C=N–C) groups is 1. The van der Waals surface area contributed by atoms with E-state index < -0.39 is 0 Å². The molecular weight excluding hydrogens is 336 g/mol. The summed E-state index contributed by atoms with van der Waals surface area (Å²) in [5, 5.41) is 0. The van der Waals surface area contributed by atoms with E-state index in [0.29, 0.717) is 0 Å². The quantitative estimate of drug-likeness (QED) is 0.670. The van der Waals surface area contributed by atoms with E-state index in [-0.39, 0.29) is 0 Å². The van der Waals surface area contributed by atoms with Crippen molar-refractivity contribution in [3.63, 3.8) is 0 Å². The molecule has 0 saturated carbocycles. The maximum Gasteiger partial charge on any atom is 0.0633 e. The van der Waals surface area contributed by atoms with Crippen LogP contribution in [-0.2, 0) is 0 Å². The van der Waals surface area contributed by atoms with Crippen molar-refractivity contribution >= 4 is 33.5 Å². The first-order valence-electron chi connectivity index (χ1n) is 7.79. The Hall–Kier alpha value is -1.61. The molecule has 0 unspecified atom stereocenters. The van der Waals surface area contributed by atoms with Crippen LogP contribution in [0.4, 0.5) is 11.4 Å². The van der Waals surface area contributed by atoms with Gasteiger partial charge in [-0.25, -0.2) is 0 Å². The number of rotatable bonds is 3. The molecule has 114 valence electrons. The van der Waals surface area contributed by atoms with E-state index >= 15 is 0 Å². The van der Waals surface area contributed by atoms with E-state index in [4.69, 9.17) is 0 Å². The van der Waals surface area contributed by atoms with Crippen LogP contribution in [0.25, 0.3) is 0 Å². The van der Waals surface area contributed by atoms with Gasteiger partial charge in [0.15, 0.2) is 0 Å². The maximum atomic E-state index is 4.61. The van der Waals surface area contributed by atoms with Crippen molar-refractivity contribution in [2.75, 3.05) is 18.0 Å². The van der Waals surface area contributed by atoms with E-state index in [9.17, 15) is 0 Å². The first-order chi connectivity index (χ1) is 10.6. The van der Waals surface area contributed by atoms with E-state index in [2.05, 4.69) is 63.9 Å².